The number of hydrogen-bond donors (Lipinski definition) is 1. The first-order chi connectivity index (χ1) is 20.3. The molecule has 0 amide bonds. The van der Waals surface area contributed by atoms with Crippen molar-refractivity contribution in [2.45, 2.75) is 75.9 Å². The number of carbonyl (C=O) groups is 2. The van der Waals surface area contributed by atoms with Crippen molar-refractivity contribution in [3.63, 3.8) is 0 Å². The number of rotatable bonds is 11. The highest BCUT2D eigenvalue weighted by Crippen LogP contribution is 2.28. The number of esters is 1. The summed E-state index contributed by atoms with van der Waals surface area (Å²) in [5.41, 5.74) is 6.24. The molecule has 1 N–H and O–H groups in total. The summed E-state index contributed by atoms with van der Waals surface area (Å²) in [6.45, 7) is 4.80. The lowest BCUT2D eigenvalue weighted by Gasteiger charge is -2.33. The van der Waals surface area contributed by atoms with E-state index in [9.17, 15) is 18.0 Å². The van der Waals surface area contributed by atoms with Crippen molar-refractivity contribution in [3.8, 4) is 0 Å². The minimum Gasteiger partial charge on any atom is -0.465 e. The van der Waals surface area contributed by atoms with Gasteiger partial charge in [0.15, 0.2) is 5.71 Å². The number of piperidine rings is 1. The predicted octanol–water partition coefficient (Wildman–Crippen LogP) is 3.61. The van der Waals surface area contributed by atoms with Crippen LogP contribution < -0.4 is 5.53 Å². The van der Waals surface area contributed by atoms with Gasteiger partial charge in [-0.25, -0.2) is 14.0 Å². The van der Waals surface area contributed by atoms with Crippen molar-refractivity contribution in [1.29, 1.82) is 0 Å². The Labute approximate surface area is 248 Å². The smallest absolute Gasteiger partial charge is 0.324 e. The number of nitrogens with one attached hydrogen (secondary N) is 1. The lowest BCUT2D eigenvalue weighted by molar-refractivity contribution is -0.148. The van der Waals surface area contributed by atoms with Crippen LogP contribution in [0.5, 0.6) is 0 Å². The van der Waals surface area contributed by atoms with E-state index in [4.69, 9.17) is 4.74 Å². The van der Waals surface area contributed by atoms with Gasteiger partial charge in [0, 0.05) is 25.3 Å². The fourth-order valence-corrected chi connectivity index (χ4v) is 7.51. The highest BCUT2D eigenvalue weighted by Gasteiger charge is 2.39. The second-order valence-electron chi connectivity index (χ2n) is 11.0. The Bertz CT molecular complexity index is 1460. The molecule has 2 unspecified atom stereocenters. The van der Waals surface area contributed by atoms with Gasteiger partial charge in [0.1, 0.15) is 11.7 Å². The Morgan fingerprint density at radius 3 is 2.69 bits per heavy atom. The molecule has 2 aromatic carbocycles. The quantitative estimate of drug-likeness (QED) is 0.394. The van der Waals surface area contributed by atoms with Crippen LogP contribution in [0.1, 0.15) is 57.1 Å². The van der Waals surface area contributed by atoms with Gasteiger partial charge in [0.2, 0.25) is 15.8 Å². The van der Waals surface area contributed by atoms with Crippen molar-refractivity contribution < 1.29 is 22.7 Å². The number of ether oxygens (including phenoxy) is 1. The molecule has 3 aliphatic heterocycles. The topological polar surface area (TPSA) is 112 Å². The normalized spacial score (nSPS) is 20.0. The van der Waals surface area contributed by atoms with Gasteiger partial charge in [-0.05, 0) is 75.6 Å². The average molecular weight is 594 g/mol. The van der Waals surface area contributed by atoms with E-state index >= 15 is 0 Å². The molecule has 0 aromatic heterocycles. The van der Waals surface area contributed by atoms with Crippen LogP contribution in [0.2, 0.25) is 0 Å². The van der Waals surface area contributed by atoms with Crippen LogP contribution in [0.3, 0.4) is 0 Å². The predicted molar refractivity (Wildman–Crippen MR) is 159 cm³/mol. The Morgan fingerprint density at radius 2 is 1.90 bits per heavy atom. The van der Waals surface area contributed by atoms with E-state index in [1.807, 2.05) is 40.4 Å². The van der Waals surface area contributed by atoms with Crippen molar-refractivity contribution >= 4 is 27.5 Å². The molecule has 1 saturated heterocycles. The summed E-state index contributed by atoms with van der Waals surface area (Å²) in [6, 6.07) is 16.4. The number of sulfonamides is 1. The minimum atomic E-state index is -3.92. The molecule has 0 aliphatic carbocycles. The SMILES string of the molecule is CCOC(=O)C1CCCCN1S(=O)(=O)c1cccc(CN2C=C3C(=NNN3C(C)CCCc3ccccc3)C(=O)C2)c1. The Kier molecular flexibility index (Phi) is 9.27. The number of aryl methyl sites for hydroxylation is 1. The van der Waals surface area contributed by atoms with Gasteiger partial charge in [-0.15, -0.1) is 0 Å². The molecule has 2 atom stereocenters. The van der Waals surface area contributed by atoms with Crippen LogP contribution in [0.15, 0.2) is 76.5 Å². The number of hydrazone groups is 1. The van der Waals surface area contributed by atoms with E-state index in [0.29, 0.717) is 25.1 Å². The van der Waals surface area contributed by atoms with E-state index in [1.165, 1.54) is 9.87 Å². The summed E-state index contributed by atoms with van der Waals surface area (Å²) in [4.78, 5) is 27.6. The number of fused-ring (bicyclic) bond motifs is 1. The van der Waals surface area contributed by atoms with Gasteiger partial charge in [-0.3, -0.25) is 14.6 Å². The van der Waals surface area contributed by atoms with Crippen molar-refractivity contribution in [2.24, 2.45) is 5.10 Å². The maximum atomic E-state index is 13.7. The van der Waals surface area contributed by atoms with Crippen LogP contribution >= 0.6 is 0 Å². The van der Waals surface area contributed by atoms with E-state index < -0.39 is 22.0 Å². The van der Waals surface area contributed by atoms with E-state index in [0.717, 1.165) is 36.9 Å². The largest absolute Gasteiger partial charge is 0.465 e. The fraction of sp³-hybridized carbons (Fsp3) is 0.452. The third-order valence-electron chi connectivity index (χ3n) is 7.96. The molecule has 2 aromatic rings. The second-order valence-corrected chi connectivity index (χ2v) is 12.9. The van der Waals surface area contributed by atoms with Gasteiger partial charge in [-0.1, -0.05) is 42.5 Å². The maximum absolute atomic E-state index is 13.7. The third-order valence-corrected chi connectivity index (χ3v) is 9.87. The van der Waals surface area contributed by atoms with Gasteiger partial charge >= 0.3 is 5.97 Å². The van der Waals surface area contributed by atoms with Crippen LogP contribution in [-0.4, -0.2) is 71.9 Å². The molecule has 42 heavy (non-hydrogen) atoms. The molecule has 224 valence electrons. The number of hydrogen-bond acceptors (Lipinski definition) is 9. The van der Waals surface area contributed by atoms with Gasteiger partial charge in [0.25, 0.3) is 0 Å². The molecule has 0 spiro atoms. The number of ketones is 1. The average Bonchev–Trinajstić information content (AvgIpc) is 3.43. The Balaban J connectivity index is 1.28. The number of Topliss-reactive ketones (excluding diaryl/α,β-unsaturated/α-hetero) is 1. The van der Waals surface area contributed by atoms with Crippen LogP contribution in [0.25, 0.3) is 0 Å². The number of hydrazine groups is 1. The lowest BCUT2D eigenvalue weighted by atomic mass is 10.0. The molecular formula is C31H39N5O5S. The molecule has 11 heteroatoms. The monoisotopic (exact) mass is 593 g/mol. The van der Waals surface area contributed by atoms with E-state index in [-0.39, 0.29) is 36.4 Å². The molecule has 1 fully saturated rings. The zero-order valence-corrected chi connectivity index (χ0v) is 25.1. The zero-order valence-electron chi connectivity index (χ0n) is 24.2. The molecule has 5 rings (SSSR count). The maximum Gasteiger partial charge on any atom is 0.324 e. The second kappa shape index (κ2) is 13.1. The van der Waals surface area contributed by atoms with Crippen LogP contribution in [0, 0.1) is 0 Å². The van der Waals surface area contributed by atoms with Gasteiger partial charge in [0.05, 0.1) is 18.0 Å². The third kappa shape index (κ3) is 6.52. The minimum absolute atomic E-state index is 0.0895. The van der Waals surface area contributed by atoms with Crippen LogP contribution in [0.4, 0.5) is 0 Å². The summed E-state index contributed by atoms with van der Waals surface area (Å²) in [7, 11) is -3.92. The van der Waals surface area contributed by atoms with E-state index in [1.54, 1.807) is 25.1 Å². The summed E-state index contributed by atoms with van der Waals surface area (Å²) in [6.07, 6.45) is 6.73. The molecule has 10 nitrogen and oxygen atoms in total. The number of nitrogens with zero attached hydrogens (tertiary/aromatic N) is 4. The molecule has 3 aliphatic rings. The highest BCUT2D eigenvalue weighted by molar-refractivity contribution is 7.89. The summed E-state index contributed by atoms with van der Waals surface area (Å²) in [5.74, 6) is -0.592. The number of allylic oxidation sites excluding steroid dienone is 1. The molecular weight excluding hydrogens is 554 g/mol. The number of benzene rings is 2. The zero-order chi connectivity index (χ0) is 29.7. The Hall–Kier alpha value is -3.70. The highest BCUT2D eigenvalue weighted by atomic mass is 32.2. The summed E-state index contributed by atoms with van der Waals surface area (Å²) in [5, 5.41) is 6.25. The molecule has 0 saturated carbocycles. The van der Waals surface area contributed by atoms with Gasteiger partial charge in [-0.2, -0.15) is 9.41 Å². The first kappa shape index (κ1) is 29.8. The lowest BCUT2D eigenvalue weighted by Crippen LogP contribution is -2.48. The first-order valence-corrected chi connectivity index (χ1v) is 16.1. The summed E-state index contributed by atoms with van der Waals surface area (Å²) < 4.78 is 33.8. The van der Waals surface area contributed by atoms with Crippen molar-refractivity contribution in [2.75, 3.05) is 19.7 Å². The van der Waals surface area contributed by atoms with Crippen LogP contribution in [-0.2, 0) is 37.3 Å². The van der Waals surface area contributed by atoms with Gasteiger partial charge < -0.3 is 9.64 Å². The fourth-order valence-electron chi connectivity index (χ4n) is 5.79. The molecule has 3 heterocycles. The van der Waals surface area contributed by atoms with Crippen molar-refractivity contribution in [1.82, 2.24) is 19.7 Å². The standard InChI is InChI=1S/C31H39N5O5S/c1-3-41-31(38)27-17-7-8-18-35(27)42(39,40)26-16-10-15-25(19-26)20-34-21-28-30(29(37)22-34)32-33-36(28)23(2)11-9-14-24-12-5-4-6-13-24/h4-6,10,12-13,15-16,19,21,23,27,33H,3,7-9,11,14,17-18,20,22H2,1-2H3. The molecule has 0 bridgehead atoms. The first-order valence-electron chi connectivity index (χ1n) is 14.7. The number of carbonyl (C=O) groups excluding carboxylic acids is 2. The molecule has 0 radical (unpaired) electrons. The Morgan fingerprint density at radius 1 is 1.12 bits per heavy atom. The van der Waals surface area contributed by atoms with Crippen molar-refractivity contribution in [3.05, 3.63) is 77.6 Å². The van der Waals surface area contributed by atoms with E-state index in [2.05, 4.69) is 29.7 Å². The summed E-state index contributed by atoms with van der Waals surface area (Å²) >= 11 is 0.